The second-order valence-electron chi connectivity index (χ2n) is 7.60. The number of anilines is 2. The molecule has 2 N–H and O–H groups in total. The summed E-state index contributed by atoms with van der Waals surface area (Å²) in [6, 6.07) is 17.3. The lowest BCUT2D eigenvalue weighted by Gasteiger charge is -2.34. The van der Waals surface area contributed by atoms with Gasteiger partial charge in [0.25, 0.3) is 0 Å². The van der Waals surface area contributed by atoms with Crippen LogP contribution in [0, 0.1) is 0 Å². The van der Waals surface area contributed by atoms with Crippen LogP contribution >= 0.6 is 11.5 Å². The molecule has 3 aromatic rings. The molecule has 0 unspecified atom stereocenters. The minimum atomic E-state index is -0.174. The van der Waals surface area contributed by atoms with Crippen molar-refractivity contribution in [1.82, 2.24) is 19.6 Å². The van der Waals surface area contributed by atoms with E-state index in [0.717, 1.165) is 60.7 Å². The van der Waals surface area contributed by atoms with Crippen LogP contribution in [-0.2, 0) is 6.42 Å². The molecule has 0 bridgehead atoms. The smallest absolute Gasteiger partial charge is 0.319 e. The van der Waals surface area contributed by atoms with E-state index < -0.39 is 0 Å². The lowest BCUT2D eigenvalue weighted by Crippen LogP contribution is -2.48. The lowest BCUT2D eigenvalue weighted by molar-refractivity contribution is 0.240. The number of para-hydroxylation sites is 1. The molecule has 2 heterocycles. The molecular weight excluding hydrogens is 424 g/mol. The molecule has 1 aliphatic heterocycles. The summed E-state index contributed by atoms with van der Waals surface area (Å²) in [5, 5.41) is 6.73. The monoisotopic (exact) mass is 452 g/mol. The largest absolute Gasteiger partial charge is 0.497 e. The molecule has 2 amide bonds. The summed E-state index contributed by atoms with van der Waals surface area (Å²) in [7, 11) is 1.67. The molecule has 0 aliphatic carbocycles. The molecule has 2 aromatic carbocycles. The summed E-state index contributed by atoms with van der Waals surface area (Å²) in [6.07, 6.45) is 0.699. The number of rotatable bonds is 8. The minimum Gasteiger partial charge on any atom is -0.497 e. The maximum absolute atomic E-state index is 12.0. The molecular formula is C23H28N6O2S. The van der Waals surface area contributed by atoms with E-state index in [1.165, 1.54) is 11.5 Å². The van der Waals surface area contributed by atoms with Crippen LogP contribution in [0.25, 0.3) is 0 Å². The summed E-state index contributed by atoms with van der Waals surface area (Å²) in [6.45, 7) is 5.13. The van der Waals surface area contributed by atoms with Crippen LogP contribution in [0.15, 0.2) is 54.6 Å². The number of amides is 2. The number of urea groups is 1. The number of benzene rings is 2. The van der Waals surface area contributed by atoms with E-state index in [9.17, 15) is 4.79 Å². The Hall–Kier alpha value is -3.17. The Bertz CT molecular complexity index is 1000. The number of piperazine rings is 1. The van der Waals surface area contributed by atoms with Crippen LogP contribution in [0.2, 0.25) is 0 Å². The van der Waals surface area contributed by atoms with Crippen LogP contribution in [-0.4, -0.2) is 66.7 Å². The Labute approximate surface area is 192 Å². The van der Waals surface area contributed by atoms with E-state index in [4.69, 9.17) is 9.72 Å². The number of hydrogen-bond donors (Lipinski definition) is 2. The van der Waals surface area contributed by atoms with Crippen molar-refractivity contribution >= 4 is 28.4 Å². The second-order valence-corrected chi connectivity index (χ2v) is 8.33. The topological polar surface area (TPSA) is 82.6 Å². The summed E-state index contributed by atoms with van der Waals surface area (Å²) in [5.74, 6) is 1.69. The zero-order valence-corrected chi connectivity index (χ0v) is 19.0. The minimum absolute atomic E-state index is 0.174. The molecule has 8 nitrogen and oxygen atoms in total. The van der Waals surface area contributed by atoms with Crippen LogP contribution in [0.1, 0.15) is 11.4 Å². The third-order valence-corrected chi connectivity index (χ3v) is 6.16. The Morgan fingerprint density at radius 1 is 1.09 bits per heavy atom. The number of hydrogen-bond acceptors (Lipinski definition) is 7. The highest BCUT2D eigenvalue weighted by Crippen LogP contribution is 2.21. The Morgan fingerprint density at radius 3 is 2.69 bits per heavy atom. The Morgan fingerprint density at radius 2 is 1.91 bits per heavy atom. The molecule has 1 aliphatic rings. The van der Waals surface area contributed by atoms with Crippen molar-refractivity contribution < 1.29 is 9.53 Å². The van der Waals surface area contributed by atoms with Gasteiger partial charge in [-0.05, 0) is 29.8 Å². The molecule has 9 heteroatoms. The summed E-state index contributed by atoms with van der Waals surface area (Å²) >= 11 is 1.46. The average Bonchev–Trinajstić information content (AvgIpc) is 3.29. The van der Waals surface area contributed by atoms with Gasteiger partial charge in [0.1, 0.15) is 11.6 Å². The maximum Gasteiger partial charge on any atom is 0.319 e. The number of aromatic nitrogens is 2. The van der Waals surface area contributed by atoms with Gasteiger partial charge in [0.05, 0.1) is 7.11 Å². The van der Waals surface area contributed by atoms with Gasteiger partial charge in [-0.3, -0.25) is 4.90 Å². The van der Waals surface area contributed by atoms with Gasteiger partial charge >= 0.3 is 6.03 Å². The molecule has 0 atom stereocenters. The van der Waals surface area contributed by atoms with E-state index in [1.54, 1.807) is 7.11 Å². The molecule has 32 heavy (non-hydrogen) atoms. The molecule has 0 radical (unpaired) electrons. The molecule has 168 valence electrons. The van der Waals surface area contributed by atoms with Gasteiger partial charge in [0.15, 0.2) is 0 Å². The fourth-order valence-corrected chi connectivity index (χ4v) is 4.33. The maximum atomic E-state index is 12.0. The quantitative estimate of drug-likeness (QED) is 0.547. The number of carbonyl (C=O) groups is 1. The number of nitrogens with zero attached hydrogens (tertiary/aromatic N) is 4. The first-order valence-electron chi connectivity index (χ1n) is 10.7. The second kappa shape index (κ2) is 10.9. The lowest BCUT2D eigenvalue weighted by atomic mass is 10.1. The summed E-state index contributed by atoms with van der Waals surface area (Å²) in [4.78, 5) is 21.4. The molecule has 1 fully saturated rings. The van der Waals surface area contributed by atoms with E-state index in [-0.39, 0.29) is 6.03 Å². The first-order valence-corrected chi connectivity index (χ1v) is 11.5. The Balaban J connectivity index is 1.18. The predicted molar refractivity (Wildman–Crippen MR) is 128 cm³/mol. The number of ether oxygens (including phenoxy) is 1. The van der Waals surface area contributed by atoms with E-state index >= 15 is 0 Å². The van der Waals surface area contributed by atoms with Crippen molar-refractivity contribution in [2.45, 2.75) is 6.42 Å². The van der Waals surface area contributed by atoms with Gasteiger partial charge in [0.2, 0.25) is 5.13 Å². The molecule has 4 rings (SSSR count). The SMILES string of the molecule is COc1cccc(Cc2nsc(N3CCN(CCNC(=O)Nc4ccccc4)CC3)n2)c1. The zero-order chi connectivity index (χ0) is 22.2. The molecule has 0 saturated carbocycles. The van der Waals surface area contributed by atoms with Crippen molar-refractivity contribution in [1.29, 1.82) is 0 Å². The van der Waals surface area contributed by atoms with Gasteiger partial charge in [-0.25, -0.2) is 9.78 Å². The van der Waals surface area contributed by atoms with Crippen LogP contribution in [0.4, 0.5) is 15.6 Å². The van der Waals surface area contributed by atoms with Crippen molar-refractivity contribution in [3.63, 3.8) is 0 Å². The van der Waals surface area contributed by atoms with Gasteiger partial charge in [-0.2, -0.15) is 4.37 Å². The third kappa shape index (κ3) is 6.18. The van der Waals surface area contributed by atoms with Gasteiger partial charge < -0.3 is 20.3 Å². The predicted octanol–water partition coefficient (Wildman–Crippen LogP) is 3.08. The fourth-order valence-electron chi connectivity index (χ4n) is 3.60. The van der Waals surface area contributed by atoms with Gasteiger partial charge in [0, 0.05) is 62.9 Å². The zero-order valence-electron chi connectivity index (χ0n) is 18.2. The first-order chi connectivity index (χ1) is 15.7. The number of carbonyl (C=O) groups excluding carboxylic acids is 1. The van der Waals surface area contributed by atoms with Crippen LogP contribution in [0.5, 0.6) is 5.75 Å². The number of nitrogens with one attached hydrogen (secondary N) is 2. The third-order valence-electron chi connectivity index (χ3n) is 5.34. The highest BCUT2D eigenvalue weighted by atomic mass is 32.1. The van der Waals surface area contributed by atoms with Crippen molar-refractivity contribution in [3.8, 4) is 5.75 Å². The van der Waals surface area contributed by atoms with E-state index in [1.807, 2.05) is 48.5 Å². The van der Waals surface area contributed by atoms with Gasteiger partial charge in [-0.15, -0.1) is 0 Å². The normalized spacial score (nSPS) is 14.2. The standard InChI is InChI=1S/C23H28N6O2S/c1-31-20-9-5-6-18(16-20)17-21-26-23(32-27-21)29-14-12-28(13-15-29)11-10-24-22(30)25-19-7-3-2-4-8-19/h2-9,16H,10-15,17H2,1H3,(H2,24,25,30). The van der Waals surface area contributed by atoms with Crippen molar-refractivity contribution in [2.75, 3.05) is 56.6 Å². The van der Waals surface area contributed by atoms with Crippen molar-refractivity contribution in [2.24, 2.45) is 0 Å². The Kier molecular flexibility index (Phi) is 7.52. The van der Waals surface area contributed by atoms with E-state index in [2.05, 4.69) is 30.9 Å². The fraction of sp³-hybridized carbons (Fsp3) is 0.348. The van der Waals surface area contributed by atoms with Crippen LogP contribution < -0.4 is 20.3 Å². The molecule has 0 spiro atoms. The molecule has 1 saturated heterocycles. The van der Waals surface area contributed by atoms with Crippen LogP contribution in [0.3, 0.4) is 0 Å². The highest BCUT2D eigenvalue weighted by molar-refractivity contribution is 7.09. The van der Waals surface area contributed by atoms with Gasteiger partial charge in [-0.1, -0.05) is 30.3 Å². The average molecular weight is 453 g/mol. The molecule has 1 aromatic heterocycles. The van der Waals surface area contributed by atoms with E-state index in [0.29, 0.717) is 13.0 Å². The summed E-state index contributed by atoms with van der Waals surface area (Å²) < 4.78 is 9.84. The summed E-state index contributed by atoms with van der Waals surface area (Å²) in [5.41, 5.74) is 1.93. The highest BCUT2D eigenvalue weighted by Gasteiger charge is 2.20. The first kappa shape index (κ1) is 22.0. The number of methoxy groups -OCH3 is 1. The van der Waals surface area contributed by atoms with Crippen molar-refractivity contribution in [3.05, 3.63) is 66.0 Å².